The SMILES string of the molecule is CCCCCCCC(=O)Oc1cc2oc(-c3ccc(O)cc3O)c(OC(=O)CCCCCCC)c(=O)c2c(OC(=O)CCCCCCC)c1C(=O)CCCCCCC. The number of ether oxygens (including phenoxy) is 3. The number of fused-ring (bicyclic) bond motifs is 1. The molecular formula is C47H66O11. The zero-order valence-corrected chi connectivity index (χ0v) is 35.3. The highest BCUT2D eigenvalue weighted by Crippen LogP contribution is 2.43. The molecule has 0 radical (unpaired) electrons. The molecule has 1 aromatic heterocycles. The van der Waals surface area contributed by atoms with E-state index in [-0.39, 0.29) is 65.0 Å². The number of Topliss-reactive ketones (excluding diaryl/α,β-unsaturated/α-hetero) is 1. The Kier molecular flexibility index (Phi) is 21.7. The lowest BCUT2D eigenvalue weighted by Gasteiger charge is -2.18. The van der Waals surface area contributed by atoms with Crippen molar-refractivity contribution < 1.29 is 48.0 Å². The van der Waals surface area contributed by atoms with Crippen LogP contribution in [0, 0.1) is 0 Å². The number of unbranched alkanes of at least 4 members (excludes halogenated alkanes) is 16. The number of benzene rings is 2. The van der Waals surface area contributed by atoms with Gasteiger partial charge in [0.2, 0.25) is 11.2 Å². The molecule has 11 nitrogen and oxygen atoms in total. The van der Waals surface area contributed by atoms with E-state index in [1.54, 1.807) is 0 Å². The van der Waals surface area contributed by atoms with Gasteiger partial charge in [-0.3, -0.25) is 24.0 Å². The van der Waals surface area contributed by atoms with Crippen LogP contribution >= 0.6 is 0 Å². The third-order valence-electron chi connectivity index (χ3n) is 10.2. The Morgan fingerprint density at radius 3 is 1.48 bits per heavy atom. The second-order valence-electron chi connectivity index (χ2n) is 15.2. The molecule has 58 heavy (non-hydrogen) atoms. The van der Waals surface area contributed by atoms with Gasteiger partial charge in [0.05, 0.1) is 5.56 Å². The number of esters is 3. The second-order valence-corrected chi connectivity index (χ2v) is 15.2. The van der Waals surface area contributed by atoms with Gasteiger partial charge in [0.15, 0.2) is 17.3 Å². The Morgan fingerprint density at radius 1 is 0.552 bits per heavy atom. The summed E-state index contributed by atoms with van der Waals surface area (Å²) in [5.41, 5.74) is -1.48. The van der Waals surface area contributed by atoms with Crippen molar-refractivity contribution in [1.29, 1.82) is 0 Å². The quantitative estimate of drug-likeness (QED) is 0.0296. The summed E-state index contributed by atoms with van der Waals surface area (Å²) in [6, 6.07) is 4.86. The number of phenols is 2. The summed E-state index contributed by atoms with van der Waals surface area (Å²) < 4.78 is 23.9. The highest BCUT2D eigenvalue weighted by Gasteiger charge is 2.32. The highest BCUT2D eigenvalue weighted by atomic mass is 16.6. The molecule has 0 aliphatic heterocycles. The minimum absolute atomic E-state index is 0.00228. The zero-order valence-electron chi connectivity index (χ0n) is 35.3. The number of ketones is 1. The molecule has 0 saturated carbocycles. The normalized spacial score (nSPS) is 11.2. The van der Waals surface area contributed by atoms with Crippen LogP contribution in [0.15, 0.2) is 33.5 Å². The molecule has 0 bridgehead atoms. The van der Waals surface area contributed by atoms with E-state index >= 15 is 0 Å². The summed E-state index contributed by atoms with van der Waals surface area (Å²) in [6.45, 7) is 8.37. The topological polar surface area (TPSA) is 167 Å². The van der Waals surface area contributed by atoms with Crippen LogP contribution in [0.2, 0.25) is 0 Å². The van der Waals surface area contributed by atoms with E-state index < -0.39 is 46.4 Å². The number of hydrogen-bond donors (Lipinski definition) is 2. The Hall–Kier alpha value is -4.67. The van der Waals surface area contributed by atoms with Crippen molar-refractivity contribution in [2.45, 2.75) is 182 Å². The molecule has 0 aliphatic rings. The monoisotopic (exact) mass is 806 g/mol. The number of carbonyl (C=O) groups excluding carboxylic acids is 4. The first-order chi connectivity index (χ1) is 28.1. The fraction of sp³-hybridized carbons (Fsp3) is 0.596. The Balaban J connectivity index is 2.28. The zero-order chi connectivity index (χ0) is 42.3. The van der Waals surface area contributed by atoms with E-state index in [1.165, 1.54) is 18.2 Å². The average molecular weight is 807 g/mol. The van der Waals surface area contributed by atoms with Crippen molar-refractivity contribution in [3.8, 4) is 40.1 Å². The summed E-state index contributed by atoms with van der Waals surface area (Å²) in [7, 11) is 0. The van der Waals surface area contributed by atoms with Crippen molar-refractivity contribution in [3.63, 3.8) is 0 Å². The molecule has 320 valence electrons. The third kappa shape index (κ3) is 15.3. The van der Waals surface area contributed by atoms with Gasteiger partial charge >= 0.3 is 17.9 Å². The van der Waals surface area contributed by atoms with Gasteiger partial charge in [0.1, 0.15) is 33.8 Å². The number of hydrogen-bond acceptors (Lipinski definition) is 11. The lowest BCUT2D eigenvalue weighted by atomic mass is 9.98. The molecule has 0 saturated heterocycles. The van der Waals surface area contributed by atoms with Gasteiger partial charge in [-0.1, -0.05) is 130 Å². The van der Waals surface area contributed by atoms with Crippen molar-refractivity contribution in [3.05, 3.63) is 40.1 Å². The molecule has 0 fully saturated rings. The van der Waals surface area contributed by atoms with Crippen LogP contribution in [0.5, 0.6) is 28.7 Å². The van der Waals surface area contributed by atoms with E-state index in [4.69, 9.17) is 18.6 Å². The molecule has 11 heteroatoms. The van der Waals surface area contributed by atoms with E-state index in [9.17, 15) is 34.2 Å². The van der Waals surface area contributed by atoms with Crippen LogP contribution in [0.4, 0.5) is 0 Å². The van der Waals surface area contributed by atoms with Crippen molar-refractivity contribution >= 4 is 34.7 Å². The van der Waals surface area contributed by atoms with Crippen molar-refractivity contribution in [2.24, 2.45) is 0 Å². The summed E-state index contributed by atoms with van der Waals surface area (Å²) in [5, 5.41) is 20.6. The van der Waals surface area contributed by atoms with E-state index in [2.05, 4.69) is 27.7 Å². The fourth-order valence-corrected chi connectivity index (χ4v) is 6.85. The molecule has 0 unspecified atom stereocenters. The molecule has 2 N–H and O–H groups in total. The van der Waals surface area contributed by atoms with Gasteiger partial charge in [-0.05, 0) is 37.8 Å². The maximum Gasteiger partial charge on any atom is 0.311 e. The predicted octanol–water partition coefficient (Wildman–Crippen LogP) is 12.2. The molecule has 0 amide bonds. The van der Waals surface area contributed by atoms with Gasteiger partial charge in [0, 0.05) is 37.8 Å². The van der Waals surface area contributed by atoms with Gasteiger partial charge in [-0.25, -0.2) is 0 Å². The summed E-state index contributed by atoms with van der Waals surface area (Å²) >= 11 is 0. The van der Waals surface area contributed by atoms with Gasteiger partial charge in [-0.2, -0.15) is 0 Å². The standard InChI is InChI=1S/C47H66O11/c1-5-9-13-17-21-25-35(49)42-37(55-39(51)26-22-18-14-10-6-2)32-38-43(46(42)57-40(52)27-23-19-15-11-7-3)44(54)47(58-41(53)28-24-20-16-12-8-4)45(56-38)34-30-29-33(48)31-36(34)50/h29-32,48,50H,5-28H2,1-4H3. The molecule has 3 rings (SSSR count). The first kappa shape index (κ1) is 47.7. The number of aromatic hydroxyl groups is 2. The van der Waals surface area contributed by atoms with Crippen LogP contribution in [0.3, 0.4) is 0 Å². The van der Waals surface area contributed by atoms with E-state index in [0.717, 1.165) is 109 Å². The summed E-state index contributed by atoms with van der Waals surface area (Å²) in [5.74, 6) is -4.82. The number of carbonyl (C=O) groups is 4. The van der Waals surface area contributed by atoms with Gasteiger partial charge in [-0.15, -0.1) is 0 Å². The minimum Gasteiger partial charge on any atom is -0.508 e. The van der Waals surface area contributed by atoms with Crippen LogP contribution < -0.4 is 19.6 Å². The molecular weight excluding hydrogens is 741 g/mol. The number of phenolic OH excluding ortho intramolecular Hbond substituents is 2. The third-order valence-corrected chi connectivity index (χ3v) is 10.2. The smallest absolute Gasteiger partial charge is 0.311 e. The van der Waals surface area contributed by atoms with Crippen molar-refractivity contribution in [2.75, 3.05) is 0 Å². The average Bonchev–Trinajstić information content (AvgIpc) is 3.18. The molecule has 0 atom stereocenters. The Bertz CT molecular complexity index is 1840. The van der Waals surface area contributed by atoms with E-state index in [0.29, 0.717) is 25.7 Å². The van der Waals surface area contributed by atoms with Crippen molar-refractivity contribution in [1.82, 2.24) is 0 Å². The lowest BCUT2D eigenvalue weighted by Crippen LogP contribution is -2.20. The van der Waals surface area contributed by atoms with E-state index in [1.807, 2.05) is 0 Å². The fourth-order valence-electron chi connectivity index (χ4n) is 6.85. The maximum absolute atomic E-state index is 14.8. The maximum atomic E-state index is 14.8. The van der Waals surface area contributed by atoms with Crippen LogP contribution in [0.1, 0.15) is 192 Å². The lowest BCUT2D eigenvalue weighted by molar-refractivity contribution is -0.135. The van der Waals surface area contributed by atoms with Crippen LogP contribution in [-0.4, -0.2) is 33.9 Å². The summed E-state index contributed by atoms with van der Waals surface area (Å²) in [6.07, 6.45) is 17.3. The molecule has 0 spiro atoms. The first-order valence-electron chi connectivity index (χ1n) is 21.9. The molecule has 3 aromatic rings. The van der Waals surface area contributed by atoms with Crippen LogP contribution in [0.25, 0.3) is 22.3 Å². The first-order valence-corrected chi connectivity index (χ1v) is 21.9. The van der Waals surface area contributed by atoms with Gasteiger partial charge < -0.3 is 28.8 Å². The largest absolute Gasteiger partial charge is 0.508 e. The molecule has 1 heterocycles. The Morgan fingerprint density at radius 2 is 1.00 bits per heavy atom. The van der Waals surface area contributed by atoms with Gasteiger partial charge in [0.25, 0.3) is 0 Å². The molecule has 2 aromatic carbocycles. The van der Waals surface area contributed by atoms with Crippen LogP contribution in [-0.2, 0) is 14.4 Å². The molecule has 0 aliphatic carbocycles. The Labute approximate surface area is 343 Å². The minimum atomic E-state index is -0.931. The highest BCUT2D eigenvalue weighted by molar-refractivity contribution is 6.08. The predicted molar refractivity (Wildman–Crippen MR) is 226 cm³/mol. The second kappa shape index (κ2) is 26.4. The summed E-state index contributed by atoms with van der Waals surface area (Å²) in [4.78, 5) is 69.3. The number of rotatable bonds is 29.